The molecule has 0 radical (unpaired) electrons. The summed E-state index contributed by atoms with van der Waals surface area (Å²) in [4.78, 5) is 24.8. The molecule has 1 heterocycles. The van der Waals surface area contributed by atoms with Gasteiger partial charge in [-0.3, -0.25) is 4.79 Å². The van der Waals surface area contributed by atoms with Crippen molar-refractivity contribution in [3.63, 3.8) is 0 Å². The molecule has 0 saturated carbocycles. The fraction of sp³-hybridized carbons (Fsp3) is 0.143. The molecule has 0 aliphatic heterocycles. The van der Waals surface area contributed by atoms with Crippen molar-refractivity contribution in [3.8, 4) is 5.75 Å². The van der Waals surface area contributed by atoms with E-state index in [9.17, 15) is 20.0 Å². The van der Waals surface area contributed by atoms with E-state index in [1.54, 1.807) is 24.3 Å². The van der Waals surface area contributed by atoms with E-state index >= 15 is 0 Å². The third-order valence-electron chi connectivity index (χ3n) is 2.90. The van der Waals surface area contributed by atoms with Gasteiger partial charge in [0.25, 0.3) is 5.91 Å². The number of benzene rings is 1. The smallest absolute Gasteiger partial charge is 0.490 e. The maximum Gasteiger partial charge on any atom is 0.490 e. The molecule has 10 heteroatoms. The molecule has 10 nitrogen and oxygen atoms in total. The number of aromatic hydroxyl groups is 1. The molecule has 1 aromatic carbocycles. The maximum absolute atomic E-state index is 11.7. The fourth-order valence-electron chi connectivity index (χ4n) is 1.84. The molecule has 0 spiro atoms. The van der Waals surface area contributed by atoms with Crippen LogP contribution in [0.25, 0.3) is 0 Å². The van der Waals surface area contributed by atoms with E-state index in [-0.39, 0.29) is 12.3 Å². The summed E-state index contributed by atoms with van der Waals surface area (Å²) in [5.74, 6) is -1.08. The number of carbonyl (C=O) groups excluding carboxylic acids is 1. The Kier molecular flexibility index (Phi) is 5.34. The van der Waals surface area contributed by atoms with Crippen LogP contribution in [0.15, 0.2) is 42.3 Å². The van der Waals surface area contributed by atoms with Crippen LogP contribution in [0.4, 0.5) is 5.95 Å². The predicted octanol–water partition coefficient (Wildman–Crippen LogP) is 0.771. The molecule has 1 amide bonds. The van der Waals surface area contributed by atoms with Crippen molar-refractivity contribution < 1.29 is 14.8 Å². The summed E-state index contributed by atoms with van der Waals surface area (Å²) in [5.41, 5.74) is 3.36. The van der Waals surface area contributed by atoms with Gasteiger partial charge in [0.2, 0.25) is 6.33 Å². The van der Waals surface area contributed by atoms with Crippen molar-refractivity contribution in [3.05, 3.63) is 58.4 Å². The number of hydrogen-bond donors (Lipinski definition) is 2. The highest BCUT2D eigenvalue weighted by molar-refractivity contribution is 5.85. The lowest BCUT2D eigenvalue weighted by Crippen LogP contribution is -2.23. The average Bonchev–Trinajstić information content (AvgIpc) is 3.00. The summed E-state index contributed by atoms with van der Waals surface area (Å²) in [6, 6.07) is 5.14. The Bertz CT molecular complexity index is 798. The summed E-state index contributed by atoms with van der Waals surface area (Å²) in [5, 5.41) is 27.7. The normalized spacial score (nSPS) is 10.7. The monoisotopic (exact) mass is 330 g/mol. The van der Waals surface area contributed by atoms with Crippen LogP contribution in [0.2, 0.25) is 0 Å². The summed E-state index contributed by atoms with van der Waals surface area (Å²) in [7, 11) is 0. The number of carbonyl (C=O) groups is 1. The number of nitro groups is 1. The van der Waals surface area contributed by atoms with E-state index < -0.39 is 16.8 Å². The zero-order valence-electron chi connectivity index (χ0n) is 12.5. The molecule has 0 fully saturated rings. The van der Waals surface area contributed by atoms with Crippen LogP contribution < -0.4 is 5.43 Å². The number of hydrazone groups is 1. The van der Waals surface area contributed by atoms with Gasteiger partial charge in [-0.25, -0.2) is 5.43 Å². The molecule has 0 unspecified atom stereocenters. The summed E-state index contributed by atoms with van der Waals surface area (Å²) >= 11 is 0. The number of para-hydroxylation sites is 1. The first-order chi connectivity index (χ1) is 11.5. The number of nitrogens with one attached hydrogen (secondary N) is 1. The summed E-state index contributed by atoms with van der Waals surface area (Å²) in [6.45, 7) is 3.33. The highest BCUT2D eigenvalue weighted by Gasteiger charge is 2.14. The zero-order valence-corrected chi connectivity index (χ0v) is 12.5. The highest BCUT2D eigenvalue weighted by atomic mass is 16.6. The third-order valence-corrected chi connectivity index (χ3v) is 2.90. The van der Waals surface area contributed by atoms with Crippen LogP contribution in [0.5, 0.6) is 5.75 Å². The molecule has 0 atom stereocenters. The molecule has 0 aliphatic carbocycles. The zero-order chi connectivity index (χ0) is 17.5. The maximum atomic E-state index is 11.7. The minimum atomic E-state index is -0.758. The minimum absolute atomic E-state index is 0.0577. The van der Waals surface area contributed by atoms with Crippen LogP contribution in [-0.4, -0.2) is 36.9 Å². The molecule has 0 saturated heterocycles. The highest BCUT2D eigenvalue weighted by Crippen LogP contribution is 2.21. The predicted molar refractivity (Wildman–Crippen MR) is 84.4 cm³/mol. The van der Waals surface area contributed by atoms with E-state index in [0.717, 1.165) is 11.0 Å². The van der Waals surface area contributed by atoms with Crippen LogP contribution in [-0.2, 0) is 17.8 Å². The molecule has 0 aliphatic rings. The van der Waals surface area contributed by atoms with Crippen molar-refractivity contribution in [1.29, 1.82) is 0 Å². The number of hydrogen-bond acceptors (Lipinski definition) is 7. The molecule has 124 valence electrons. The van der Waals surface area contributed by atoms with Crippen molar-refractivity contribution in [2.24, 2.45) is 5.10 Å². The van der Waals surface area contributed by atoms with Crippen molar-refractivity contribution in [2.75, 3.05) is 0 Å². The standard InChI is InChI=1S/C14H14N6O4/c1-2-4-10-5-3-6-11(13(10)22)7-16-17-12(21)8-19-9-15-14(18-19)20(23)24/h2-3,5-7,9,22H,1,4,8H2,(H,17,21)/b16-7+. The molecular weight excluding hydrogens is 316 g/mol. The molecule has 1 aromatic heterocycles. The van der Waals surface area contributed by atoms with Gasteiger partial charge in [0.05, 0.1) is 6.21 Å². The minimum Gasteiger partial charge on any atom is -0.507 e. The lowest BCUT2D eigenvalue weighted by atomic mass is 10.1. The Balaban J connectivity index is 1.95. The van der Waals surface area contributed by atoms with Gasteiger partial charge in [0, 0.05) is 10.7 Å². The van der Waals surface area contributed by atoms with E-state index in [1.807, 2.05) is 0 Å². The second-order valence-electron chi connectivity index (χ2n) is 4.64. The van der Waals surface area contributed by atoms with Crippen LogP contribution >= 0.6 is 0 Å². The Hall–Kier alpha value is -3.56. The van der Waals surface area contributed by atoms with Gasteiger partial charge >= 0.3 is 5.95 Å². The molecule has 2 N–H and O–H groups in total. The third kappa shape index (κ3) is 4.22. The van der Waals surface area contributed by atoms with E-state index in [1.165, 1.54) is 6.21 Å². The van der Waals surface area contributed by atoms with Gasteiger partial charge in [-0.1, -0.05) is 23.2 Å². The van der Waals surface area contributed by atoms with Gasteiger partial charge in [-0.2, -0.15) is 9.78 Å². The van der Waals surface area contributed by atoms with E-state index in [2.05, 4.69) is 27.2 Å². The SMILES string of the molecule is C=CCc1cccc(/C=N/NC(=O)Cn2cnc([N+](=O)[O-])n2)c1O. The molecule has 2 rings (SSSR count). The number of nitrogens with zero attached hydrogens (tertiary/aromatic N) is 5. The number of allylic oxidation sites excluding steroid dienone is 1. The summed E-state index contributed by atoms with van der Waals surface area (Å²) < 4.78 is 1.02. The number of amides is 1. The largest absolute Gasteiger partial charge is 0.507 e. The van der Waals surface area contributed by atoms with Gasteiger partial charge in [-0.05, 0) is 23.0 Å². The topological polar surface area (TPSA) is 136 Å². The lowest BCUT2D eigenvalue weighted by molar-refractivity contribution is -0.394. The Morgan fingerprint density at radius 1 is 1.54 bits per heavy atom. The Morgan fingerprint density at radius 3 is 3.00 bits per heavy atom. The van der Waals surface area contributed by atoms with Crippen molar-refractivity contribution in [1.82, 2.24) is 20.2 Å². The molecular formula is C14H14N6O4. The van der Waals surface area contributed by atoms with E-state index in [0.29, 0.717) is 17.5 Å². The van der Waals surface area contributed by atoms with Gasteiger partial charge < -0.3 is 15.2 Å². The van der Waals surface area contributed by atoms with Gasteiger partial charge in [0.15, 0.2) is 0 Å². The fourth-order valence-corrected chi connectivity index (χ4v) is 1.84. The number of phenols is 1. The van der Waals surface area contributed by atoms with Gasteiger partial charge in [0.1, 0.15) is 12.3 Å². The second-order valence-corrected chi connectivity index (χ2v) is 4.64. The van der Waals surface area contributed by atoms with E-state index in [4.69, 9.17) is 0 Å². The number of aromatic nitrogens is 3. The lowest BCUT2D eigenvalue weighted by Gasteiger charge is -2.04. The second kappa shape index (κ2) is 7.63. The van der Waals surface area contributed by atoms with Crippen molar-refractivity contribution in [2.45, 2.75) is 13.0 Å². The summed E-state index contributed by atoms with van der Waals surface area (Å²) in [6.07, 6.45) is 4.54. The number of phenolic OH excluding ortho intramolecular Hbond substituents is 1. The van der Waals surface area contributed by atoms with Crippen molar-refractivity contribution >= 4 is 18.1 Å². The quantitative estimate of drug-likeness (QED) is 0.333. The molecule has 24 heavy (non-hydrogen) atoms. The molecule has 0 bridgehead atoms. The number of rotatable bonds is 7. The first-order valence-corrected chi connectivity index (χ1v) is 6.78. The molecule has 2 aromatic rings. The average molecular weight is 330 g/mol. The Morgan fingerprint density at radius 2 is 2.33 bits per heavy atom. The van der Waals surface area contributed by atoms with Crippen LogP contribution in [0.1, 0.15) is 11.1 Å². The van der Waals surface area contributed by atoms with Gasteiger partial charge in [-0.15, -0.1) is 6.58 Å². The Labute approximate surface area is 136 Å². The van der Waals surface area contributed by atoms with Crippen LogP contribution in [0.3, 0.4) is 0 Å². The first-order valence-electron chi connectivity index (χ1n) is 6.78. The van der Waals surface area contributed by atoms with Crippen LogP contribution in [0, 0.1) is 10.1 Å². The first kappa shape index (κ1) is 16.8.